The molecule has 1 unspecified atom stereocenters. The van der Waals surface area contributed by atoms with Crippen LogP contribution in [0.5, 0.6) is 0 Å². The van der Waals surface area contributed by atoms with Gasteiger partial charge in [-0.3, -0.25) is 14.8 Å². The average molecular weight is 503 g/mol. The van der Waals surface area contributed by atoms with Gasteiger partial charge in [0, 0.05) is 41.7 Å². The van der Waals surface area contributed by atoms with E-state index in [4.69, 9.17) is 22.3 Å². The highest BCUT2D eigenvalue weighted by Gasteiger charge is 2.14. The first-order chi connectivity index (χ1) is 17.1. The number of benzene rings is 2. The van der Waals surface area contributed by atoms with Gasteiger partial charge < -0.3 is 11.1 Å². The molecular formula is C30H35ClN4O. The van der Waals surface area contributed by atoms with Crippen molar-refractivity contribution in [2.24, 2.45) is 10.9 Å². The van der Waals surface area contributed by atoms with Crippen molar-refractivity contribution in [3.8, 4) is 11.1 Å². The first kappa shape index (κ1) is 27.2. The van der Waals surface area contributed by atoms with E-state index in [0.717, 1.165) is 45.0 Å². The minimum absolute atomic E-state index is 0.0502. The molecule has 1 atom stereocenters. The van der Waals surface area contributed by atoms with Crippen LogP contribution in [0.2, 0.25) is 5.02 Å². The van der Waals surface area contributed by atoms with E-state index in [1.807, 2.05) is 61.8 Å². The maximum atomic E-state index is 11.2. The number of anilines is 1. The van der Waals surface area contributed by atoms with E-state index < -0.39 is 0 Å². The Labute approximate surface area is 219 Å². The zero-order chi connectivity index (χ0) is 26.2. The number of carbonyl (C=O) groups excluding carboxylic acids is 1. The maximum Gasteiger partial charge on any atom is 0.131 e. The zero-order valence-corrected chi connectivity index (χ0v) is 22.3. The number of aromatic nitrogens is 1. The molecule has 0 amide bonds. The van der Waals surface area contributed by atoms with Crippen LogP contribution in [-0.4, -0.2) is 23.5 Å². The van der Waals surface area contributed by atoms with Gasteiger partial charge in [0.05, 0.1) is 17.4 Å². The molecule has 0 aliphatic heterocycles. The molecule has 0 bridgehead atoms. The van der Waals surface area contributed by atoms with Crippen molar-refractivity contribution in [3.63, 3.8) is 0 Å². The lowest BCUT2D eigenvalue weighted by Gasteiger charge is -2.16. The molecule has 0 spiro atoms. The van der Waals surface area contributed by atoms with Gasteiger partial charge in [-0.15, -0.1) is 0 Å². The zero-order valence-electron chi connectivity index (χ0n) is 21.5. The number of hydrogen-bond acceptors (Lipinski definition) is 5. The van der Waals surface area contributed by atoms with Crippen LogP contribution >= 0.6 is 11.6 Å². The first-order valence-corrected chi connectivity index (χ1v) is 12.6. The molecule has 5 nitrogen and oxygen atoms in total. The predicted octanol–water partition coefficient (Wildman–Crippen LogP) is 7.04. The van der Waals surface area contributed by atoms with Gasteiger partial charge in [-0.2, -0.15) is 0 Å². The Kier molecular flexibility index (Phi) is 9.43. The van der Waals surface area contributed by atoms with Crippen LogP contribution in [-0.2, 0) is 4.79 Å². The lowest BCUT2D eigenvalue weighted by atomic mass is 9.97. The van der Waals surface area contributed by atoms with Gasteiger partial charge in [-0.05, 0) is 78.8 Å². The molecular weight excluding hydrogens is 468 g/mol. The fourth-order valence-corrected chi connectivity index (χ4v) is 4.19. The number of aryl methyl sites for hydroxylation is 1. The number of nitrogens with zero attached hydrogens (tertiary/aromatic N) is 2. The van der Waals surface area contributed by atoms with Gasteiger partial charge >= 0.3 is 0 Å². The molecule has 0 saturated carbocycles. The number of pyridine rings is 1. The molecule has 3 rings (SSSR count). The Morgan fingerprint density at radius 1 is 1.19 bits per heavy atom. The van der Waals surface area contributed by atoms with Crippen LogP contribution < -0.4 is 11.1 Å². The van der Waals surface area contributed by atoms with E-state index in [-0.39, 0.29) is 11.8 Å². The summed E-state index contributed by atoms with van der Waals surface area (Å²) in [4.78, 5) is 20.7. The Morgan fingerprint density at radius 3 is 2.61 bits per heavy atom. The minimum atomic E-state index is -0.0502. The summed E-state index contributed by atoms with van der Waals surface area (Å²) in [5.41, 5.74) is 13.6. The normalized spacial score (nSPS) is 12.2. The predicted molar refractivity (Wildman–Crippen MR) is 152 cm³/mol. The summed E-state index contributed by atoms with van der Waals surface area (Å²) in [5, 5.41) is 3.88. The van der Waals surface area contributed by atoms with Crippen LogP contribution in [0, 0.1) is 12.8 Å². The highest BCUT2D eigenvalue weighted by atomic mass is 35.5. The number of hydrogen-bond donors (Lipinski definition) is 2. The SMILES string of the molecule is C=C(NCCC(C)=O)c1ccc(C(CC(C)C)N=Cc2cc(-c3ccc(Cl)cc3C)ccc2N)cn1. The molecule has 3 N–H and O–H groups in total. The number of aliphatic imine (C=N–C) groups is 1. The molecule has 0 saturated heterocycles. The van der Waals surface area contributed by atoms with Crippen LogP contribution in [0.15, 0.2) is 66.3 Å². The average Bonchev–Trinajstić information content (AvgIpc) is 2.82. The van der Waals surface area contributed by atoms with Crippen molar-refractivity contribution in [1.29, 1.82) is 0 Å². The number of nitrogens with two attached hydrogens (primary N) is 1. The van der Waals surface area contributed by atoms with Crippen molar-refractivity contribution in [3.05, 3.63) is 88.7 Å². The number of halogens is 1. The van der Waals surface area contributed by atoms with E-state index in [9.17, 15) is 4.79 Å². The quantitative estimate of drug-likeness (QED) is 0.217. The maximum absolute atomic E-state index is 11.2. The third kappa shape index (κ3) is 7.53. The van der Waals surface area contributed by atoms with Gasteiger partial charge in [-0.1, -0.05) is 50.2 Å². The van der Waals surface area contributed by atoms with Crippen LogP contribution in [0.3, 0.4) is 0 Å². The molecule has 6 heteroatoms. The summed E-state index contributed by atoms with van der Waals surface area (Å²) in [6.45, 7) is 12.6. The fourth-order valence-electron chi connectivity index (χ4n) is 3.97. The molecule has 3 aromatic rings. The van der Waals surface area contributed by atoms with E-state index in [1.54, 1.807) is 6.92 Å². The molecule has 0 aliphatic rings. The number of nitrogen functional groups attached to an aromatic ring is 1. The van der Waals surface area contributed by atoms with Crippen molar-refractivity contribution < 1.29 is 4.79 Å². The molecule has 0 aliphatic carbocycles. The van der Waals surface area contributed by atoms with Gasteiger partial charge in [0.2, 0.25) is 0 Å². The Morgan fingerprint density at radius 2 is 1.97 bits per heavy atom. The highest BCUT2D eigenvalue weighted by molar-refractivity contribution is 6.30. The summed E-state index contributed by atoms with van der Waals surface area (Å²) in [7, 11) is 0. The second-order valence-electron chi connectivity index (χ2n) is 9.56. The lowest BCUT2D eigenvalue weighted by molar-refractivity contribution is -0.116. The largest absolute Gasteiger partial charge is 0.398 e. The minimum Gasteiger partial charge on any atom is -0.398 e. The number of carbonyl (C=O) groups is 1. The molecule has 188 valence electrons. The third-order valence-electron chi connectivity index (χ3n) is 5.97. The van der Waals surface area contributed by atoms with E-state index >= 15 is 0 Å². The van der Waals surface area contributed by atoms with Gasteiger partial charge in [-0.25, -0.2) is 0 Å². The van der Waals surface area contributed by atoms with Gasteiger partial charge in [0.15, 0.2) is 0 Å². The smallest absolute Gasteiger partial charge is 0.131 e. The fraction of sp³-hybridized carbons (Fsp3) is 0.300. The number of nitrogens with one attached hydrogen (secondary N) is 1. The standard InChI is InChI=1S/C30H35ClN4O/c1-19(2)14-30(24-7-11-29(34-17-24)22(5)33-13-12-21(4)36)35-18-25-16-23(6-10-28(25)32)27-9-8-26(31)15-20(27)3/h6-11,15-19,30,33H,5,12-14,32H2,1-4H3. The Bertz CT molecular complexity index is 1250. The molecule has 0 radical (unpaired) electrons. The van der Waals surface area contributed by atoms with E-state index in [0.29, 0.717) is 30.3 Å². The van der Waals surface area contributed by atoms with Crippen molar-refractivity contribution in [2.45, 2.75) is 46.6 Å². The lowest BCUT2D eigenvalue weighted by Crippen LogP contribution is -2.16. The molecule has 1 heterocycles. The Hall–Kier alpha value is -3.44. The van der Waals surface area contributed by atoms with Crippen molar-refractivity contribution >= 4 is 35.0 Å². The second kappa shape index (κ2) is 12.5. The molecule has 0 fully saturated rings. The Balaban J connectivity index is 1.82. The number of ketones is 1. The second-order valence-corrected chi connectivity index (χ2v) is 10.00. The highest BCUT2D eigenvalue weighted by Crippen LogP contribution is 2.29. The summed E-state index contributed by atoms with van der Waals surface area (Å²) < 4.78 is 0. The summed E-state index contributed by atoms with van der Waals surface area (Å²) in [5.74, 6) is 0.595. The molecule has 2 aromatic carbocycles. The summed E-state index contributed by atoms with van der Waals surface area (Å²) >= 11 is 6.14. The first-order valence-electron chi connectivity index (χ1n) is 12.2. The van der Waals surface area contributed by atoms with E-state index in [1.165, 1.54) is 0 Å². The third-order valence-corrected chi connectivity index (χ3v) is 6.21. The van der Waals surface area contributed by atoms with Gasteiger partial charge in [0.1, 0.15) is 5.78 Å². The molecule has 36 heavy (non-hydrogen) atoms. The summed E-state index contributed by atoms with van der Waals surface area (Å²) in [6, 6.07) is 15.8. The van der Waals surface area contributed by atoms with E-state index in [2.05, 4.69) is 36.8 Å². The van der Waals surface area contributed by atoms with Gasteiger partial charge in [0.25, 0.3) is 0 Å². The van der Waals surface area contributed by atoms with Crippen LogP contribution in [0.1, 0.15) is 62.0 Å². The van der Waals surface area contributed by atoms with Crippen molar-refractivity contribution in [2.75, 3.05) is 12.3 Å². The number of rotatable bonds is 11. The topological polar surface area (TPSA) is 80.4 Å². The molecule has 1 aromatic heterocycles. The summed E-state index contributed by atoms with van der Waals surface area (Å²) in [6.07, 6.45) is 5.07. The number of Topliss-reactive ketones (excluding diaryl/α,β-unsaturated/α-hetero) is 1. The monoisotopic (exact) mass is 502 g/mol. The van der Waals surface area contributed by atoms with Crippen molar-refractivity contribution in [1.82, 2.24) is 10.3 Å². The van der Waals surface area contributed by atoms with Crippen LogP contribution in [0.4, 0.5) is 5.69 Å². The van der Waals surface area contributed by atoms with Crippen LogP contribution in [0.25, 0.3) is 16.8 Å².